The molecule has 0 bridgehead atoms. The van der Waals surface area contributed by atoms with E-state index < -0.39 is 18.0 Å². The number of ether oxygens (including phenoxy) is 1. The van der Waals surface area contributed by atoms with E-state index in [0.29, 0.717) is 5.69 Å². The van der Waals surface area contributed by atoms with Crippen LogP contribution < -0.4 is 10.2 Å². The molecule has 0 radical (unpaired) electrons. The number of aliphatic imine (C=N–C) groups is 1. The normalized spacial score (nSPS) is 18.0. The number of amidine groups is 1. The Morgan fingerprint density at radius 1 is 1.42 bits per heavy atom. The third-order valence-electron chi connectivity index (χ3n) is 3.20. The Bertz CT molecular complexity index is 773. The number of aromatic nitrogens is 2. The SMILES string of the molecule is Cn1ncc(Oc2cccc(C(F)(F)F)c2)c1C1=NC(O)CON1. The van der Waals surface area contributed by atoms with Gasteiger partial charge in [0.2, 0.25) is 0 Å². The lowest BCUT2D eigenvalue weighted by Gasteiger charge is -2.19. The van der Waals surface area contributed by atoms with Crippen LogP contribution in [0, 0.1) is 0 Å². The molecule has 1 aromatic heterocycles. The largest absolute Gasteiger partial charge is 0.453 e. The number of hydroxylamine groups is 1. The third kappa shape index (κ3) is 3.34. The van der Waals surface area contributed by atoms with E-state index in [4.69, 9.17) is 9.57 Å². The first kappa shape index (κ1) is 16.3. The number of nitrogens with zero attached hydrogens (tertiary/aromatic N) is 3. The second-order valence-corrected chi connectivity index (χ2v) is 4.98. The molecule has 0 saturated heterocycles. The fourth-order valence-electron chi connectivity index (χ4n) is 2.13. The predicted octanol–water partition coefficient (Wildman–Crippen LogP) is 1.83. The Morgan fingerprint density at radius 3 is 2.92 bits per heavy atom. The van der Waals surface area contributed by atoms with Gasteiger partial charge in [-0.2, -0.15) is 18.3 Å². The number of aliphatic hydroxyl groups excluding tert-OH is 1. The van der Waals surface area contributed by atoms with Crippen LogP contribution in [0.15, 0.2) is 35.5 Å². The Kier molecular flexibility index (Phi) is 4.16. The average Bonchev–Trinajstić information content (AvgIpc) is 2.87. The van der Waals surface area contributed by atoms with Crippen molar-refractivity contribution < 1.29 is 27.9 Å². The zero-order chi connectivity index (χ0) is 17.3. The summed E-state index contributed by atoms with van der Waals surface area (Å²) in [6.45, 7) is -0.0226. The second kappa shape index (κ2) is 6.13. The van der Waals surface area contributed by atoms with E-state index in [2.05, 4.69) is 15.6 Å². The van der Waals surface area contributed by atoms with E-state index >= 15 is 0 Å². The number of halogens is 3. The molecule has 2 N–H and O–H groups in total. The summed E-state index contributed by atoms with van der Waals surface area (Å²) in [4.78, 5) is 8.93. The lowest BCUT2D eigenvalue weighted by Crippen LogP contribution is -2.36. The molecule has 0 aliphatic carbocycles. The topological polar surface area (TPSA) is 80.9 Å². The molecule has 7 nitrogen and oxygen atoms in total. The van der Waals surface area contributed by atoms with E-state index in [1.54, 1.807) is 7.05 Å². The standard InChI is InChI=1S/C14H13F3N4O3/c1-21-12(13-19-11(22)7-23-20-13)10(6-18-21)24-9-4-2-3-8(5-9)14(15,16)17/h2-6,11,22H,7H2,1H3,(H,19,20). The maximum Gasteiger partial charge on any atom is 0.416 e. The maximum absolute atomic E-state index is 12.8. The highest BCUT2D eigenvalue weighted by molar-refractivity contribution is 5.99. The molecular formula is C14H13F3N4O3. The zero-order valence-electron chi connectivity index (χ0n) is 12.4. The molecule has 24 heavy (non-hydrogen) atoms. The molecule has 0 spiro atoms. The number of aryl methyl sites for hydroxylation is 1. The third-order valence-corrected chi connectivity index (χ3v) is 3.20. The monoisotopic (exact) mass is 342 g/mol. The molecule has 0 amide bonds. The smallest absolute Gasteiger partial charge is 0.416 e. The molecule has 1 aromatic carbocycles. The fraction of sp³-hybridized carbons (Fsp3) is 0.286. The summed E-state index contributed by atoms with van der Waals surface area (Å²) >= 11 is 0. The van der Waals surface area contributed by atoms with Gasteiger partial charge in [-0.1, -0.05) is 6.07 Å². The number of benzene rings is 1. The van der Waals surface area contributed by atoms with Gasteiger partial charge in [0.15, 0.2) is 17.8 Å². The first-order chi connectivity index (χ1) is 11.3. The second-order valence-electron chi connectivity index (χ2n) is 4.98. The summed E-state index contributed by atoms with van der Waals surface area (Å²) in [6, 6.07) is 4.48. The van der Waals surface area contributed by atoms with Crippen molar-refractivity contribution in [3.05, 3.63) is 41.7 Å². The summed E-state index contributed by atoms with van der Waals surface area (Å²) in [5.74, 6) is 0.327. The van der Waals surface area contributed by atoms with Crippen molar-refractivity contribution in [2.75, 3.05) is 6.61 Å². The quantitative estimate of drug-likeness (QED) is 0.889. The number of aliphatic hydroxyl groups is 1. The van der Waals surface area contributed by atoms with E-state index in [9.17, 15) is 18.3 Å². The van der Waals surface area contributed by atoms with E-state index in [1.165, 1.54) is 23.0 Å². The molecule has 10 heteroatoms. The minimum atomic E-state index is -4.47. The van der Waals surface area contributed by atoms with Crippen LogP contribution in [0.2, 0.25) is 0 Å². The Balaban J connectivity index is 1.92. The van der Waals surface area contributed by atoms with Gasteiger partial charge >= 0.3 is 6.18 Å². The van der Waals surface area contributed by atoms with Gasteiger partial charge in [-0.25, -0.2) is 10.5 Å². The van der Waals surface area contributed by atoms with Gasteiger partial charge in [-0.3, -0.25) is 9.52 Å². The fourth-order valence-corrected chi connectivity index (χ4v) is 2.13. The van der Waals surface area contributed by atoms with Crippen molar-refractivity contribution >= 4 is 5.84 Å². The van der Waals surface area contributed by atoms with E-state index in [0.717, 1.165) is 12.1 Å². The van der Waals surface area contributed by atoms with Crippen LogP contribution in [0.25, 0.3) is 0 Å². The van der Waals surface area contributed by atoms with Crippen LogP contribution in [0.3, 0.4) is 0 Å². The van der Waals surface area contributed by atoms with Crippen LogP contribution in [0.5, 0.6) is 11.5 Å². The predicted molar refractivity (Wildman–Crippen MR) is 76.4 cm³/mol. The summed E-state index contributed by atoms with van der Waals surface area (Å²) in [5.41, 5.74) is 2.03. The lowest BCUT2D eigenvalue weighted by atomic mass is 10.2. The Morgan fingerprint density at radius 2 is 2.21 bits per heavy atom. The molecule has 0 saturated carbocycles. The number of alkyl halides is 3. The molecule has 2 aromatic rings. The summed E-state index contributed by atoms with van der Waals surface area (Å²) in [7, 11) is 1.60. The Hall–Kier alpha value is -2.59. The van der Waals surface area contributed by atoms with Gasteiger partial charge in [-0.05, 0) is 18.2 Å². The minimum absolute atomic E-state index is 0.00282. The average molecular weight is 342 g/mol. The van der Waals surface area contributed by atoms with Gasteiger partial charge < -0.3 is 9.84 Å². The van der Waals surface area contributed by atoms with Gasteiger partial charge in [0.1, 0.15) is 18.1 Å². The highest BCUT2D eigenvalue weighted by Gasteiger charge is 2.31. The van der Waals surface area contributed by atoms with Crippen LogP contribution in [-0.2, 0) is 18.1 Å². The molecule has 1 atom stereocenters. The van der Waals surface area contributed by atoms with Crippen molar-refractivity contribution in [3.8, 4) is 11.5 Å². The van der Waals surface area contributed by atoms with Crippen LogP contribution in [0.1, 0.15) is 11.3 Å². The van der Waals surface area contributed by atoms with Crippen molar-refractivity contribution in [2.24, 2.45) is 12.0 Å². The minimum Gasteiger partial charge on any atom is -0.453 e. The molecule has 0 fully saturated rings. The first-order valence-electron chi connectivity index (χ1n) is 6.86. The number of hydrogen-bond acceptors (Lipinski definition) is 6. The first-order valence-corrected chi connectivity index (χ1v) is 6.86. The van der Waals surface area contributed by atoms with Gasteiger partial charge in [-0.15, -0.1) is 0 Å². The van der Waals surface area contributed by atoms with Crippen LogP contribution in [-0.4, -0.2) is 33.6 Å². The molecule has 1 unspecified atom stereocenters. The molecule has 128 valence electrons. The van der Waals surface area contributed by atoms with Crippen molar-refractivity contribution in [1.29, 1.82) is 0 Å². The molecular weight excluding hydrogens is 329 g/mol. The Labute approximate surface area is 134 Å². The van der Waals surface area contributed by atoms with Crippen molar-refractivity contribution in [3.63, 3.8) is 0 Å². The highest BCUT2D eigenvalue weighted by atomic mass is 19.4. The summed E-state index contributed by atoms with van der Waals surface area (Å²) in [6.07, 6.45) is -4.19. The molecule has 2 heterocycles. The van der Waals surface area contributed by atoms with E-state index in [-0.39, 0.29) is 23.9 Å². The molecule has 3 rings (SSSR count). The van der Waals surface area contributed by atoms with Crippen molar-refractivity contribution in [1.82, 2.24) is 15.3 Å². The number of hydrogen-bond donors (Lipinski definition) is 2. The van der Waals surface area contributed by atoms with Gasteiger partial charge in [0.05, 0.1) is 11.8 Å². The summed E-state index contributed by atoms with van der Waals surface area (Å²) < 4.78 is 45.2. The zero-order valence-corrected chi connectivity index (χ0v) is 12.4. The van der Waals surface area contributed by atoms with Crippen molar-refractivity contribution in [2.45, 2.75) is 12.4 Å². The maximum atomic E-state index is 12.8. The molecule has 1 aliphatic heterocycles. The van der Waals surface area contributed by atoms with E-state index in [1.807, 2.05) is 0 Å². The van der Waals surface area contributed by atoms with Gasteiger partial charge in [0, 0.05) is 7.05 Å². The highest BCUT2D eigenvalue weighted by Crippen LogP contribution is 2.33. The van der Waals surface area contributed by atoms with Crippen LogP contribution >= 0.6 is 0 Å². The van der Waals surface area contributed by atoms with Crippen LogP contribution in [0.4, 0.5) is 13.2 Å². The molecule has 1 aliphatic rings. The number of rotatable bonds is 3. The van der Waals surface area contributed by atoms with Gasteiger partial charge in [0.25, 0.3) is 0 Å². The lowest BCUT2D eigenvalue weighted by molar-refractivity contribution is -0.137. The summed E-state index contributed by atoms with van der Waals surface area (Å²) in [5, 5.41) is 13.5. The number of nitrogens with one attached hydrogen (secondary N) is 1.